The highest BCUT2D eigenvalue weighted by Crippen LogP contribution is 2.12. The molecule has 0 aromatic carbocycles. The quantitative estimate of drug-likeness (QED) is 0.888. The average molecular weight is 284 g/mol. The Bertz CT molecular complexity index is 478. The van der Waals surface area contributed by atoms with Crippen molar-refractivity contribution in [2.24, 2.45) is 0 Å². The van der Waals surface area contributed by atoms with Crippen molar-refractivity contribution in [3.05, 3.63) is 34.6 Å². The zero-order valence-electron chi connectivity index (χ0n) is 8.57. The van der Waals surface area contributed by atoms with Crippen molar-refractivity contribution in [1.29, 1.82) is 0 Å². The lowest BCUT2D eigenvalue weighted by Gasteiger charge is -2.14. The molecular weight excluding hydrogens is 274 g/mol. The van der Waals surface area contributed by atoms with Gasteiger partial charge >= 0.3 is 0 Å². The molecule has 0 bridgehead atoms. The number of hydrogen-bond acceptors (Lipinski definition) is 3. The van der Waals surface area contributed by atoms with Crippen LogP contribution in [0, 0.1) is 0 Å². The van der Waals surface area contributed by atoms with E-state index >= 15 is 0 Å². The smallest absolute Gasteiger partial charge is 0.270 e. The first-order chi connectivity index (χ1) is 7.66. The minimum absolute atomic E-state index is 0.0953. The van der Waals surface area contributed by atoms with Crippen LogP contribution in [-0.2, 0) is 6.54 Å². The third-order valence-electron chi connectivity index (χ3n) is 2.08. The normalized spacial score (nSPS) is 10.4. The zero-order chi connectivity index (χ0) is 11.5. The van der Waals surface area contributed by atoms with Gasteiger partial charge in [-0.2, -0.15) is 5.10 Å². The summed E-state index contributed by atoms with van der Waals surface area (Å²) < 4.78 is 0.851. The van der Waals surface area contributed by atoms with Crippen LogP contribution < -0.4 is 0 Å². The second-order valence-electron chi connectivity index (χ2n) is 3.32. The maximum atomic E-state index is 11.9. The standard InChI is InChI=1S/C9H10BrN5O/c1-15(4-8-12-5-13-14-8)9(16)7-2-6(10)3-11-7/h2-3,5,11H,4H2,1H3,(H,12,13,14). The Kier molecular flexibility index (Phi) is 3.04. The van der Waals surface area contributed by atoms with E-state index in [2.05, 4.69) is 36.1 Å². The molecule has 2 N–H and O–H groups in total. The molecule has 0 aliphatic heterocycles. The molecule has 2 aromatic rings. The van der Waals surface area contributed by atoms with Crippen LogP contribution in [0.3, 0.4) is 0 Å². The van der Waals surface area contributed by atoms with E-state index in [9.17, 15) is 4.79 Å². The SMILES string of the molecule is CN(Cc1ncn[nH]1)C(=O)c1cc(Br)c[nH]1. The van der Waals surface area contributed by atoms with E-state index in [1.807, 2.05) is 0 Å². The van der Waals surface area contributed by atoms with E-state index < -0.39 is 0 Å². The molecule has 7 heteroatoms. The fraction of sp³-hybridized carbons (Fsp3) is 0.222. The van der Waals surface area contributed by atoms with Crippen molar-refractivity contribution < 1.29 is 4.79 Å². The summed E-state index contributed by atoms with van der Waals surface area (Å²) in [5.41, 5.74) is 0.536. The minimum Gasteiger partial charge on any atom is -0.356 e. The summed E-state index contributed by atoms with van der Waals surface area (Å²) in [5.74, 6) is 0.559. The van der Waals surface area contributed by atoms with Gasteiger partial charge < -0.3 is 9.88 Å². The fourth-order valence-corrected chi connectivity index (χ4v) is 1.64. The lowest BCUT2D eigenvalue weighted by Crippen LogP contribution is -2.26. The van der Waals surface area contributed by atoms with Crippen LogP contribution in [0.25, 0.3) is 0 Å². The van der Waals surface area contributed by atoms with Crippen LogP contribution >= 0.6 is 15.9 Å². The van der Waals surface area contributed by atoms with E-state index in [1.165, 1.54) is 6.33 Å². The van der Waals surface area contributed by atoms with Gasteiger partial charge in [-0.25, -0.2) is 4.98 Å². The molecule has 84 valence electrons. The maximum absolute atomic E-state index is 11.9. The van der Waals surface area contributed by atoms with Crippen molar-refractivity contribution in [2.75, 3.05) is 7.05 Å². The van der Waals surface area contributed by atoms with Crippen molar-refractivity contribution >= 4 is 21.8 Å². The monoisotopic (exact) mass is 283 g/mol. The molecule has 0 spiro atoms. The van der Waals surface area contributed by atoms with E-state index in [1.54, 1.807) is 24.2 Å². The number of carbonyl (C=O) groups is 1. The average Bonchev–Trinajstić information content (AvgIpc) is 2.88. The Balaban J connectivity index is 2.05. The summed E-state index contributed by atoms with van der Waals surface area (Å²) in [6, 6.07) is 1.74. The molecule has 1 amide bonds. The second kappa shape index (κ2) is 4.48. The molecule has 0 radical (unpaired) electrons. The van der Waals surface area contributed by atoms with E-state index in [4.69, 9.17) is 0 Å². The first-order valence-corrected chi connectivity index (χ1v) is 5.40. The predicted octanol–water partition coefficient (Wildman–Crippen LogP) is 1.17. The topological polar surface area (TPSA) is 77.7 Å². The molecule has 0 fully saturated rings. The lowest BCUT2D eigenvalue weighted by atomic mass is 10.3. The van der Waals surface area contributed by atoms with Gasteiger partial charge in [0.15, 0.2) is 0 Å². The number of H-pyrrole nitrogens is 2. The molecule has 16 heavy (non-hydrogen) atoms. The Morgan fingerprint density at radius 1 is 1.62 bits per heavy atom. The highest BCUT2D eigenvalue weighted by molar-refractivity contribution is 9.10. The third-order valence-corrected chi connectivity index (χ3v) is 2.53. The number of nitrogens with zero attached hydrogens (tertiary/aromatic N) is 3. The number of hydrogen-bond donors (Lipinski definition) is 2. The first-order valence-electron chi connectivity index (χ1n) is 4.60. The van der Waals surface area contributed by atoms with Gasteiger partial charge in [0.25, 0.3) is 5.91 Å². The largest absolute Gasteiger partial charge is 0.356 e. The summed E-state index contributed by atoms with van der Waals surface area (Å²) >= 11 is 3.28. The molecule has 2 aromatic heterocycles. The lowest BCUT2D eigenvalue weighted by molar-refractivity contribution is 0.0776. The molecule has 2 heterocycles. The van der Waals surface area contributed by atoms with Gasteiger partial charge in [-0.15, -0.1) is 0 Å². The summed E-state index contributed by atoms with van der Waals surface area (Å²) in [4.78, 5) is 20.3. The Hall–Kier alpha value is -1.63. The molecule has 0 aliphatic carbocycles. The highest BCUT2D eigenvalue weighted by atomic mass is 79.9. The van der Waals surface area contributed by atoms with Gasteiger partial charge in [0.05, 0.1) is 6.54 Å². The predicted molar refractivity (Wildman–Crippen MR) is 60.7 cm³/mol. The molecule has 0 aliphatic rings. The molecule has 2 rings (SSSR count). The second-order valence-corrected chi connectivity index (χ2v) is 4.24. The van der Waals surface area contributed by atoms with Gasteiger partial charge in [-0.3, -0.25) is 9.89 Å². The number of halogens is 1. The Labute approximate surface area is 100 Å². The minimum atomic E-state index is -0.0953. The van der Waals surface area contributed by atoms with Gasteiger partial charge in [0, 0.05) is 17.7 Å². The molecule has 0 saturated carbocycles. The van der Waals surface area contributed by atoms with Crippen LogP contribution in [0.5, 0.6) is 0 Å². The summed E-state index contributed by atoms with van der Waals surface area (Å²) in [5, 5.41) is 6.43. The van der Waals surface area contributed by atoms with Gasteiger partial charge in [-0.05, 0) is 22.0 Å². The Morgan fingerprint density at radius 3 is 3.00 bits per heavy atom. The summed E-state index contributed by atoms with van der Waals surface area (Å²) in [7, 11) is 1.71. The molecule has 0 unspecified atom stereocenters. The van der Waals surface area contributed by atoms with Crippen molar-refractivity contribution in [2.45, 2.75) is 6.54 Å². The summed E-state index contributed by atoms with van der Waals surface area (Å²) in [6.07, 6.45) is 3.13. The summed E-state index contributed by atoms with van der Waals surface area (Å²) in [6.45, 7) is 0.398. The van der Waals surface area contributed by atoms with E-state index in [-0.39, 0.29) is 5.91 Å². The van der Waals surface area contributed by atoms with Gasteiger partial charge in [-0.1, -0.05) is 0 Å². The fourth-order valence-electron chi connectivity index (χ4n) is 1.30. The van der Waals surface area contributed by atoms with Gasteiger partial charge in [0.1, 0.15) is 17.8 Å². The molecular formula is C9H10BrN5O. The van der Waals surface area contributed by atoms with Crippen LogP contribution in [0.1, 0.15) is 16.3 Å². The number of nitrogens with one attached hydrogen (secondary N) is 2. The van der Waals surface area contributed by atoms with Crippen molar-refractivity contribution in [1.82, 2.24) is 25.1 Å². The number of aromatic amines is 2. The number of amides is 1. The van der Waals surface area contributed by atoms with Crippen molar-refractivity contribution in [3.8, 4) is 0 Å². The van der Waals surface area contributed by atoms with E-state index in [0.29, 0.717) is 18.1 Å². The van der Waals surface area contributed by atoms with Crippen LogP contribution in [0.2, 0.25) is 0 Å². The molecule has 6 nitrogen and oxygen atoms in total. The first kappa shape index (κ1) is 10.9. The zero-order valence-corrected chi connectivity index (χ0v) is 10.2. The van der Waals surface area contributed by atoms with E-state index in [0.717, 1.165) is 4.47 Å². The number of rotatable bonds is 3. The molecule has 0 atom stereocenters. The number of carbonyl (C=O) groups excluding carboxylic acids is 1. The number of aromatic nitrogens is 4. The Morgan fingerprint density at radius 2 is 2.44 bits per heavy atom. The van der Waals surface area contributed by atoms with Crippen LogP contribution in [0.4, 0.5) is 0 Å². The van der Waals surface area contributed by atoms with Crippen LogP contribution in [0.15, 0.2) is 23.1 Å². The maximum Gasteiger partial charge on any atom is 0.270 e. The van der Waals surface area contributed by atoms with Gasteiger partial charge in [0.2, 0.25) is 0 Å². The highest BCUT2D eigenvalue weighted by Gasteiger charge is 2.14. The third kappa shape index (κ3) is 2.30. The van der Waals surface area contributed by atoms with Crippen LogP contribution in [-0.4, -0.2) is 38.0 Å². The van der Waals surface area contributed by atoms with Crippen molar-refractivity contribution in [3.63, 3.8) is 0 Å². The molecule has 0 saturated heterocycles.